The lowest BCUT2D eigenvalue weighted by Gasteiger charge is -2.16. The second kappa shape index (κ2) is 8.42. The Kier molecular flexibility index (Phi) is 6.87. The molecule has 0 saturated carbocycles. The first kappa shape index (κ1) is 19.6. The van der Waals surface area contributed by atoms with E-state index in [-0.39, 0.29) is 18.9 Å². The van der Waals surface area contributed by atoms with E-state index in [1.165, 1.54) is 0 Å². The zero-order valence-corrected chi connectivity index (χ0v) is 13.7. The van der Waals surface area contributed by atoms with E-state index in [1.807, 2.05) is 32.0 Å². The van der Waals surface area contributed by atoms with Crippen LogP contribution >= 0.6 is 0 Å². The van der Waals surface area contributed by atoms with Gasteiger partial charge in [0, 0.05) is 38.4 Å². The van der Waals surface area contributed by atoms with Gasteiger partial charge in [0.1, 0.15) is 0 Å². The standard InChI is InChI=1S/C15H20F3N3O3/c1-10-8-11(4-5-12(10)21(2)3)20-13(22)6-7-19-14(23)24-9-15(16,17)18/h4-5,8H,6-7,9H2,1-3H3,(H,19,23)(H,20,22). The van der Waals surface area contributed by atoms with Gasteiger partial charge in [-0.1, -0.05) is 0 Å². The molecule has 0 aliphatic heterocycles. The Hall–Kier alpha value is -2.45. The Bertz CT molecular complexity index is 589. The van der Waals surface area contributed by atoms with Gasteiger partial charge in [-0.3, -0.25) is 4.79 Å². The highest BCUT2D eigenvalue weighted by atomic mass is 19.4. The average molecular weight is 347 g/mol. The molecule has 24 heavy (non-hydrogen) atoms. The van der Waals surface area contributed by atoms with Gasteiger partial charge in [0.05, 0.1) is 0 Å². The second-order valence-electron chi connectivity index (χ2n) is 5.31. The molecule has 0 aliphatic carbocycles. The van der Waals surface area contributed by atoms with Crippen LogP contribution in [0.2, 0.25) is 0 Å². The second-order valence-corrected chi connectivity index (χ2v) is 5.31. The zero-order valence-electron chi connectivity index (χ0n) is 13.7. The molecule has 1 aromatic rings. The summed E-state index contributed by atoms with van der Waals surface area (Å²) < 4.78 is 39.5. The zero-order chi connectivity index (χ0) is 18.3. The van der Waals surface area contributed by atoms with Gasteiger partial charge in [-0.15, -0.1) is 0 Å². The van der Waals surface area contributed by atoms with Crippen LogP contribution in [0.3, 0.4) is 0 Å². The van der Waals surface area contributed by atoms with E-state index in [2.05, 4.69) is 15.4 Å². The lowest BCUT2D eigenvalue weighted by Crippen LogP contribution is -2.31. The third kappa shape index (κ3) is 7.21. The number of carbonyl (C=O) groups excluding carboxylic acids is 2. The smallest absolute Gasteiger partial charge is 0.422 e. The van der Waals surface area contributed by atoms with Crippen molar-refractivity contribution in [1.29, 1.82) is 0 Å². The quantitative estimate of drug-likeness (QED) is 0.830. The predicted octanol–water partition coefficient (Wildman–Crippen LogP) is 2.68. The van der Waals surface area contributed by atoms with Gasteiger partial charge in [-0.25, -0.2) is 4.79 Å². The van der Waals surface area contributed by atoms with Crippen LogP contribution in [-0.2, 0) is 9.53 Å². The largest absolute Gasteiger partial charge is 0.440 e. The number of hydrogen-bond acceptors (Lipinski definition) is 4. The number of anilines is 2. The number of hydrogen-bond donors (Lipinski definition) is 2. The Labute approximate surface area is 138 Å². The molecule has 0 bridgehead atoms. The van der Waals surface area contributed by atoms with Crippen molar-refractivity contribution in [1.82, 2.24) is 5.32 Å². The van der Waals surface area contributed by atoms with Gasteiger partial charge in [0.25, 0.3) is 0 Å². The molecule has 0 spiro atoms. The maximum absolute atomic E-state index is 11.8. The summed E-state index contributed by atoms with van der Waals surface area (Å²) in [4.78, 5) is 24.7. The van der Waals surface area contributed by atoms with Crippen molar-refractivity contribution in [3.05, 3.63) is 23.8 Å². The molecule has 0 aromatic heterocycles. The SMILES string of the molecule is Cc1cc(NC(=O)CCNC(=O)OCC(F)(F)F)ccc1N(C)C. The fourth-order valence-corrected chi connectivity index (χ4v) is 1.93. The minimum Gasteiger partial charge on any atom is -0.440 e. The highest BCUT2D eigenvalue weighted by molar-refractivity contribution is 5.91. The van der Waals surface area contributed by atoms with Crippen LogP contribution in [0.1, 0.15) is 12.0 Å². The van der Waals surface area contributed by atoms with E-state index in [4.69, 9.17) is 0 Å². The number of nitrogens with one attached hydrogen (secondary N) is 2. The number of ether oxygens (including phenoxy) is 1. The maximum Gasteiger partial charge on any atom is 0.422 e. The number of alkyl halides is 3. The topological polar surface area (TPSA) is 70.7 Å². The van der Waals surface area contributed by atoms with Crippen molar-refractivity contribution in [3.63, 3.8) is 0 Å². The Morgan fingerprint density at radius 2 is 1.92 bits per heavy atom. The van der Waals surface area contributed by atoms with Crippen molar-refractivity contribution >= 4 is 23.4 Å². The number of rotatable bonds is 6. The highest BCUT2D eigenvalue weighted by Gasteiger charge is 2.29. The molecule has 0 saturated heterocycles. The third-order valence-corrected chi connectivity index (χ3v) is 2.95. The van der Waals surface area contributed by atoms with Crippen LogP contribution in [0.5, 0.6) is 0 Å². The molecule has 0 aliphatic rings. The summed E-state index contributed by atoms with van der Waals surface area (Å²) in [6.45, 7) is 0.114. The number of amides is 2. The van der Waals surface area contributed by atoms with Crippen molar-refractivity contribution in [3.8, 4) is 0 Å². The first-order valence-corrected chi connectivity index (χ1v) is 7.13. The summed E-state index contributed by atoms with van der Waals surface area (Å²) in [5.74, 6) is -0.372. The third-order valence-electron chi connectivity index (χ3n) is 2.95. The van der Waals surface area contributed by atoms with Crippen LogP contribution in [-0.4, -0.2) is 45.4 Å². The Morgan fingerprint density at radius 1 is 1.25 bits per heavy atom. The van der Waals surface area contributed by atoms with Crippen LogP contribution < -0.4 is 15.5 Å². The van der Waals surface area contributed by atoms with Crippen molar-refractivity contribution < 1.29 is 27.5 Å². The van der Waals surface area contributed by atoms with Crippen molar-refractivity contribution in [2.24, 2.45) is 0 Å². The normalized spacial score (nSPS) is 10.9. The van der Waals surface area contributed by atoms with E-state index in [0.29, 0.717) is 5.69 Å². The average Bonchev–Trinajstić information content (AvgIpc) is 2.44. The molecule has 9 heteroatoms. The summed E-state index contributed by atoms with van der Waals surface area (Å²) in [5, 5.41) is 4.73. The summed E-state index contributed by atoms with van der Waals surface area (Å²) in [5.41, 5.74) is 2.59. The molecule has 0 fully saturated rings. The molecule has 0 heterocycles. The lowest BCUT2D eigenvalue weighted by molar-refractivity contribution is -0.160. The fraction of sp³-hybridized carbons (Fsp3) is 0.467. The molecule has 0 radical (unpaired) electrons. The molecule has 0 unspecified atom stereocenters. The molecule has 1 rings (SSSR count). The molecule has 1 aromatic carbocycles. The van der Waals surface area contributed by atoms with Crippen molar-refractivity contribution in [2.75, 3.05) is 37.5 Å². The van der Waals surface area contributed by atoms with Gasteiger partial charge in [0.2, 0.25) is 5.91 Å². The van der Waals surface area contributed by atoms with Gasteiger partial charge in [-0.2, -0.15) is 13.2 Å². The number of benzene rings is 1. The summed E-state index contributed by atoms with van der Waals surface area (Å²) in [7, 11) is 3.81. The van der Waals surface area contributed by atoms with E-state index < -0.39 is 18.9 Å². The highest BCUT2D eigenvalue weighted by Crippen LogP contribution is 2.21. The Morgan fingerprint density at radius 3 is 2.46 bits per heavy atom. The molecule has 2 amide bonds. The fourth-order valence-electron chi connectivity index (χ4n) is 1.93. The number of carbonyl (C=O) groups is 2. The van der Waals surface area contributed by atoms with E-state index in [0.717, 1.165) is 11.3 Å². The molecule has 134 valence electrons. The van der Waals surface area contributed by atoms with Crippen LogP contribution in [0.4, 0.5) is 29.3 Å². The van der Waals surface area contributed by atoms with Crippen LogP contribution in [0.15, 0.2) is 18.2 Å². The number of alkyl carbamates (subject to hydrolysis) is 1. The molecule has 6 nitrogen and oxygen atoms in total. The van der Waals surface area contributed by atoms with Gasteiger partial charge in [-0.05, 0) is 30.7 Å². The predicted molar refractivity (Wildman–Crippen MR) is 84.2 cm³/mol. The number of halogens is 3. The monoisotopic (exact) mass is 347 g/mol. The molecular weight excluding hydrogens is 327 g/mol. The van der Waals surface area contributed by atoms with Gasteiger partial charge < -0.3 is 20.3 Å². The lowest BCUT2D eigenvalue weighted by atomic mass is 10.1. The number of nitrogens with zero attached hydrogens (tertiary/aromatic N) is 1. The maximum atomic E-state index is 11.8. The molecule has 0 atom stereocenters. The number of aryl methyl sites for hydroxylation is 1. The first-order chi connectivity index (χ1) is 11.1. The van der Waals surface area contributed by atoms with Crippen LogP contribution in [0, 0.1) is 6.92 Å². The van der Waals surface area contributed by atoms with E-state index >= 15 is 0 Å². The molecular formula is C15H20F3N3O3. The molecule has 2 N–H and O–H groups in total. The van der Waals surface area contributed by atoms with Crippen molar-refractivity contribution in [2.45, 2.75) is 19.5 Å². The Balaban J connectivity index is 2.37. The van der Waals surface area contributed by atoms with Gasteiger partial charge >= 0.3 is 12.3 Å². The first-order valence-electron chi connectivity index (χ1n) is 7.13. The van der Waals surface area contributed by atoms with Crippen LogP contribution in [0.25, 0.3) is 0 Å². The van der Waals surface area contributed by atoms with E-state index in [9.17, 15) is 22.8 Å². The van der Waals surface area contributed by atoms with E-state index in [1.54, 1.807) is 12.1 Å². The van der Waals surface area contributed by atoms with Gasteiger partial charge in [0.15, 0.2) is 6.61 Å². The minimum absolute atomic E-state index is 0.0877. The summed E-state index contributed by atoms with van der Waals surface area (Å²) in [6, 6.07) is 5.40. The minimum atomic E-state index is -4.58. The summed E-state index contributed by atoms with van der Waals surface area (Å²) in [6.07, 6.45) is -5.88. The summed E-state index contributed by atoms with van der Waals surface area (Å²) >= 11 is 0.